The molecular weight excluding hydrogens is 378 g/mol. The van der Waals surface area contributed by atoms with Crippen molar-refractivity contribution in [2.24, 2.45) is 0 Å². The lowest BCUT2D eigenvalue weighted by Crippen LogP contribution is -2.17. The molecule has 0 saturated carbocycles. The molecule has 2 aromatic carbocycles. The minimum absolute atomic E-state index is 0.575. The lowest BCUT2D eigenvalue weighted by Gasteiger charge is -2.15. The molecule has 0 saturated heterocycles. The summed E-state index contributed by atoms with van der Waals surface area (Å²) < 4.78 is 6.44. The Kier molecular flexibility index (Phi) is 5.10. The molecule has 0 aliphatic carbocycles. The third kappa shape index (κ3) is 4.19. The Bertz CT molecular complexity index is 789. The van der Waals surface area contributed by atoms with Crippen LogP contribution < -0.4 is 0 Å². The molecule has 0 aliphatic rings. The maximum atomic E-state index is 5.89. The Labute approximate surface area is 148 Å². The fraction of sp³-hybridized carbons (Fsp3) is 0.176. The SMILES string of the molecule is CN(Cc1nc(-c2ccc(Cl)cc2)no1)Cc1ccccc1Br. The minimum atomic E-state index is 0.575. The van der Waals surface area contributed by atoms with Gasteiger partial charge in [0, 0.05) is 21.6 Å². The molecule has 118 valence electrons. The highest BCUT2D eigenvalue weighted by atomic mass is 79.9. The number of hydrogen-bond donors (Lipinski definition) is 0. The van der Waals surface area contributed by atoms with Gasteiger partial charge in [0.2, 0.25) is 11.7 Å². The normalized spacial score (nSPS) is 11.1. The predicted octanol–water partition coefficient (Wildman–Crippen LogP) is 4.78. The van der Waals surface area contributed by atoms with Crippen molar-refractivity contribution >= 4 is 27.5 Å². The quantitative estimate of drug-likeness (QED) is 0.626. The molecule has 0 unspecified atom stereocenters. The molecule has 0 spiro atoms. The zero-order valence-electron chi connectivity index (χ0n) is 12.5. The van der Waals surface area contributed by atoms with Gasteiger partial charge < -0.3 is 4.52 Å². The Balaban J connectivity index is 1.67. The molecule has 0 N–H and O–H groups in total. The van der Waals surface area contributed by atoms with Crippen molar-refractivity contribution < 1.29 is 4.52 Å². The first-order valence-electron chi connectivity index (χ1n) is 7.12. The first-order valence-corrected chi connectivity index (χ1v) is 8.29. The van der Waals surface area contributed by atoms with Crippen molar-refractivity contribution in [3.05, 3.63) is 69.5 Å². The zero-order chi connectivity index (χ0) is 16.2. The molecule has 0 bridgehead atoms. The maximum Gasteiger partial charge on any atom is 0.241 e. The van der Waals surface area contributed by atoms with E-state index in [4.69, 9.17) is 16.1 Å². The van der Waals surface area contributed by atoms with Gasteiger partial charge in [0.1, 0.15) is 0 Å². The molecule has 4 nitrogen and oxygen atoms in total. The Morgan fingerprint density at radius 3 is 2.57 bits per heavy atom. The monoisotopic (exact) mass is 391 g/mol. The lowest BCUT2D eigenvalue weighted by molar-refractivity contribution is 0.260. The maximum absolute atomic E-state index is 5.89. The van der Waals surface area contributed by atoms with E-state index < -0.39 is 0 Å². The molecule has 3 rings (SSSR count). The van der Waals surface area contributed by atoms with Crippen LogP contribution >= 0.6 is 27.5 Å². The van der Waals surface area contributed by atoms with E-state index in [1.54, 1.807) is 0 Å². The number of hydrogen-bond acceptors (Lipinski definition) is 4. The fourth-order valence-corrected chi connectivity index (χ4v) is 2.78. The van der Waals surface area contributed by atoms with Gasteiger partial charge in [-0.15, -0.1) is 0 Å². The summed E-state index contributed by atoms with van der Waals surface area (Å²) in [7, 11) is 2.02. The predicted molar refractivity (Wildman–Crippen MR) is 94.1 cm³/mol. The summed E-state index contributed by atoms with van der Waals surface area (Å²) >= 11 is 9.45. The molecule has 1 aromatic heterocycles. The van der Waals surface area contributed by atoms with E-state index >= 15 is 0 Å². The van der Waals surface area contributed by atoms with Crippen LogP contribution in [0.2, 0.25) is 5.02 Å². The Morgan fingerprint density at radius 1 is 1.09 bits per heavy atom. The third-order valence-corrected chi connectivity index (χ3v) is 4.40. The van der Waals surface area contributed by atoms with Crippen LogP contribution in [0.4, 0.5) is 0 Å². The average Bonchev–Trinajstić information content (AvgIpc) is 2.98. The summed E-state index contributed by atoms with van der Waals surface area (Å²) in [5.41, 5.74) is 2.10. The number of benzene rings is 2. The molecule has 0 amide bonds. The molecule has 0 radical (unpaired) electrons. The topological polar surface area (TPSA) is 42.2 Å². The summed E-state index contributed by atoms with van der Waals surface area (Å²) in [5.74, 6) is 1.16. The van der Waals surface area contributed by atoms with Crippen LogP contribution in [0.5, 0.6) is 0 Å². The van der Waals surface area contributed by atoms with Gasteiger partial charge in [-0.25, -0.2) is 0 Å². The van der Waals surface area contributed by atoms with E-state index in [1.165, 1.54) is 5.56 Å². The van der Waals surface area contributed by atoms with Gasteiger partial charge in [0.15, 0.2) is 0 Å². The average molecular weight is 393 g/mol. The van der Waals surface area contributed by atoms with Crippen LogP contribution in [0.15, 0.2) is 57.5 Å². The van der Waals surface area contributed by atoms with Gasteiger partial charge in [-0.3, -0.25) is 4.90 Å². The van der Waals surface area contributed by atoms with Crippen molar-refractivity contribution in [3.8, 4) is 11.4 Å². The number of rotatable bonds is 5. The van der Waals surface area contributed by atoms with E-state index in [0.29, 0.717) is 23.3 Å². The second-order valence-corrected chi connectivity index (χ2v) is 6.57. The largest absolute Gasteiger partial charge is 0.338 e. The van der Waals surface area contributed by atoms with Crippen LogP contribution in [0.1, 0.15) is 11.5 Å². The molecule has 1 heterocycles. The number of aromatic nitrogens is 2. The summed E-state index contributed by atoms with van der Waals surface area (Å²) in [5, 5.41) is 4.71. The van der Waals surface area contributed by atoms with Gasteiger partial charge >= 0.3 is 0 Å². The van der Waals surface area contributed by atoms with Gasteiger partial charge in [0.25, 0.3) is 0 Å². The molecule has 23 heavy (non-hydrogen) atoms. The highest BCUT2D eigenvalue weighted by Gasteiger charge is 2.11. The van der Waals surface area contributed by atoms with Crippen LogP contribution in [0.3, 0.4) is 0 Å². The lowest BCUT2D eigenvalue weighted by atomic mass is 10.2. The van der Waals surface area contributed by atoms with Crippen molar-refractivity contribution in [1.82, 2.24) is 15.0 Å². The first-order chi connectivity index (χ1) is 11.1. The molecule has 6 heteroatoms. The molecule has 0 atom stereocenters. The van der Waals surface area contributed by atoms with E-state index in [0.717, 1.165) is 16.6 Å². The fourth-order valence-electron chi connectivity index (χ4n) is 2.24. The first kappa shape index (κ1) is 16.2. The van der Waals surface area contributed by atoms with Gasteiger partial charge in [0.05, 0.1) is 6.54 Å². The van der Waals surface area contributed by atoms with Gasteiger partial charge in [-0.05, 0) is 42.9 Å². The molecule has 0 fully saturated rings. The molecular formula is C17H15BrClN3O. The van der Waals surface area contributed by atoms with Crippen molar-refractivity contribution in [1.29, 1.82) is 0 Å². The summed E-state index contributed by atoms with van der Waals surface area (Å²) in [4.78, 5) is 6.56. The Morgan fingerprint density at radius 2 is 1.83 bits per heavy atom. The van der Waals surface area contributed by atoms with Gasteiger partial charge in [-0.1, -0.05) is 50.9 Å². The summed E-state index contributed by atoms with van der Waals surface area (Å²) in [6, 6.07) is 15.5. The van der Waals surface area contributed by atoms with E-state index in [1.807, 2.05) is 49.5 Å². The van der Waals surface area contributed by atoms with Crippen molar-refractivity contribution in [2.75, 3.05) is 7.05 Å². The second-order valence-electron chi connectivity index (χ2n) is 5.28. The van der Waals surface area contributed by atoms with Crippen molar-refractivity contribution in [2.45, 2.75) is 13.1 Å². The van der Waals surface area contributed by atoms with E-state index in [-0.39, 0.29) is 0 Å². The highest BCUT2D eigenvalue weighted by Crippen LogP contribution is 2.20. The zero-order valence-corrected chi connectivity index (χ0v) is 14.9. The standard InChI is InChI=1S/C17H15BrClN3O/c1-22(10-13-4-2-3-5-15(13)18)11-16-20-17(21-23-16)12-6-8-14(19)9-7-12/h2-9H,10-11H2,1H3. The Hall–Kier alpha value is -1.69. The smallest absolute Gasteiger partial charge is 0.241 e. The van der Waals surface area contributed by atoms with Crippen molar-refractivity contribution in [3.63, 3.8) is 0 Å². The van der Waals surface area contributed by atoms with Crippen LogP contribution in [-0.2, 0) is 13.1 Å². The van der Waals surface area contributed by atoms with Gasteiger partial charge in [-0.2, -0.15) is 4.98 Å². The number of nitrogens with zero attached hydrogens (tertiary/aromatic N) is 3. The highest BCUT2D eigenvalue weighted by molar-refractivity contribution is 9.10. The molecule has 0 aliphatic heterocycles. The van der Waals surface area contributed by atoms with Crippen LogP contribution in [0.25, 0.3) is 11.4 Å². The summed E-state index contributed by atoms with van der Waals surface area (Å²) in [6.45, 7) is 1.38. The minimum Gasteiger partial charge on any atom is -0.338 e. The summed E-state index contributed by atoms with van der Waals surface area (Å²) in [6.07, 6.45) is 0. The van der Waals surface area contributed by atoms with E-state index in [2.05, 4.69) is 37.0 Å². The second kappa shape index (κ2) is 7.25. The van der Waals surface area contributed by atoms with Crippen LogP contribution in [0, 0.1) is 0 Å². The van der Waals surface area contributed by atoms with Crippen LogP contribution in [-0.4, -0.2) is 22.1 Å². The van der Waals surface area contributed by atoms with E-state index in [9.17, 15) is 0 Å². The molecule has 3 aromatic rings. The number of halogens is 2. The third-order valence-electron chi connectivity index (χ3n) is 3.37.